The van der Waals surface area contributed by atoms with Crippen LogP contribution in [-0.4, -0.2) is 12.0 Å². The largest absolute Gasteiger partial charge is 0.548 e. The first-order valence-corrected chi connectivity index (χ1v) is 3.82. The number of carbonyl (C=O) groups excluding carboxylic acids is 1. The number of rotatable bonds is 1. The van der Waals surface area contributed by atoms with E-state index in [1.165, 1.54) is 0 Å². The summed E-state index contributed by atoms with van der Waals surface area (Å²) in [5.41, 5.74) is 1.96. The van der Waals surface area contributed by atoms with Crippen LogP contribution < -0.4 is 10.4 Å². The average Bonchev–Trinajstić information content (AvgIpc) is 2.46. The zero-order valence-electron chi connectivity index (χ0n) is 6.41. The van der Waals surface area contributed by atoms with Crippen LogP contribution in [0.25, 0.3) is 0 Å². The summed E-state index contributed by atoms with van der Waals surface area (Å²) in [6.07, 6.45) is 0.526. The quantitative estimate of drug-likeness (QED) is 0.620. The molecule has 1 heterocycles. The van der Waals surface area contributed by atoms with Gasteiger partial charge in [-0.1, -0.05) is 18.2 Å². The summed E-state index contributed by atoms with van der Waals surface area (Å²) in [6, 6.07) is 7.02. The maximum atomic E-state index is 10.5. The minimum atomic E-state index is -1.04. The summed E-state index contributed by atoms with van der Waals surface area (Å²) < 4.78 is 0. The maximum Gasteiger partial charge on any atom is 0.0699 e. The highest BCUT2D eigenvalue weighted by Gasteiger charge is 2.19. The Morgan fingerprint density at radius 1 is 1.50 bits per heavy atom. The Kier molecular flexibility index (Phi) is 1.50. The molecule has 1 aromatic rings. The number of fused-ring (bicyclic) bond motifs is 1. The standard InChI is InChI=1S/C9H9NO2/c11-9(12)8-5-6-3-1-2-4-7(6)10-8/h1-4,8,10H,5H2,(H,11,12)/p-1/t8-/m1/s1. The van der Waals surface area contributed by atoms with E-state index in [0.29, 0.717) is 6.42 Å². The molecule has 0 radical (unpaired) electrons. The molecule has 0 bridgehead atoms. The van der Waals surface area contributed by atoms with E-state index in [1.54, 1.807) is 0 Å². The predicted octanol–water partition coefficient (Wildman–Crippen LogP) is -0.227. The van der Waals surface area contributed by atoms with Crippen LogP contribution in [-0.2, 0) is 11.2 Å². The number of carbonyl (C=O) groups is 1. The highest BCUT2D eigenvalue weighted by atomic mass is 16.4. The minimum absolute atomic E-state index is 0.526. The SMILES string of the molecule is O=C([O-])[C@H]1Cc2ccccc2N1. The molecule has 12 heavy (non-hydrogen) atoms. The van der Waals surface area contributed by atoms with E-state index >= 15 is 0 Å². The Bertz CT molecular complexity index is 297. The van der Waals surface area contributed by atoms with E-state index in [1.807, 2.05) is 24.3 Å². The van der Waals surface area contributed by atoms with Gasteiger partial charge in [0.25, 0.3) is 0 Å². The lowest BCUT2D eigenvalue weighted by atomic mass is 10.1. The predicted molar refractivity (Wildman–Crippen MR) is 42.6 cm³/mol. The second kappa shape index (κ2) is 2.52. The van der Waals surface area contributed by atoms with Crippen molar-refractivity contribution in [2.24, 2.45) is 0 Å². The van der Waals surface area contributed by atoms with Gasteiger partial charge >= 0.3 is 0 Å². The van der Waals surface area contributed by atoms with Crippen molar-refractivity contribution in [3.63, 3.8) is 0 Å². The van der Waals surface area contributed by atoms with E-state index in [0.717, 1.165) is 11.3 Å². The van der Waals surface area contributed by atoms with E-state index < -0.39 is 12.0 Å². The zero-order chi connectivity index (χ0) is 8.55. The zero-order valence-corrected chi connectivity index (χ0v) is 6.41. The highest BCUT2D eigenvalue weighted by molar-refractivity contribution is 5.79. The number of para-hydroxylation sites is 1. The molecule has 0 unspecified atom stereocenters. The minimum Gasteiger partial charge on any atom is -0.548 e. The van der Waals surface area contributed by atoms with Crippen molar-refractivity contribution in [2.75, 3.05) is 5.32 Å². The second-order valence-corrected chi connectivity index (χ2v) is 2.88. The first-order chi connectivity index (χ1) is 5.77. The van der Waals surface area contributed by atoms with E-state index in [9.17, 15) is 9.90 Å². The number of aliphatic carboxylic acids is 1. The number of hydrogen-bond donors (Lipinski definition) is 1. The fraction of sp³-hybridized carbons (Fsp3) is 0.222. The number of hydrogen-bond acceptors (Lipinski definition) is 3. The molecular weight excluding hydrogens is 154 g/mol. The van der Waals surface area contributed by atoms with Crippen LogP contribution >= 0.6 is 0 Å². The maximum absolute atomic E-state index is 10.5. The molecule has 62 valence electrons. The lowest BCUT2D eigenvalue weighted by Crippen LogP contribution is -2.39. The fourth-order valence-corrected chi connectivity index (χ4v) is 1.44. The molecule has 1 aliphatic heterocycles. The number of benzene rings is 1. The van der Waals surface area contributed by atoms with Crippen molar-refractivity contribution in [3.05, 3.63) is 29.8 Å². The number of carboxylic acid groups (broad SMARTS) is 1. The molecule has 2 rings (SSSR count). The third kappa shape index (κ3) is 1.03. The third-order valence-electron chi connectivity index (χ3n) is 2.06. The van der Waals surface area contributed by atoms with Crippen molar-refractivity contribution < 1.29 is 9.90 Å². The van der Waals surface area contributed by atoms with Gasteiger partial charge in [0.15, 0.2) is 0 Å². The molecule has 3 nitrogen and oxygen atoms in total. The monoisotopic (exact) mass is 162 g/mol. The molecule has 1 atom stereocenters. The Morgan fingerprint density at radius 3 is 2.92 bits per heavy atom. The van der Waals surface area contributed by atoms with Gasteiger partial charge in [-0.15, -0.1) is 0 Å². The average molecular weight is 162 g/mol. The van der Waals surface area contributed by atoms with Gasteiger partial charge in [0.2, 0.25) is 0 Å². The van der Waals surface area contributed by atoms with Gasteiger partial charge in [-0.25, -0.2) is 0 Å². The first kappa shape index (κ1) is 7.16. The van der Waals surface area contributed by atoms with Crippen molar-refractivity contribution in [1.82, 2.24) is 0 Å². The Hall–Kier alpha value is -1.51. The molecule has 0 aromatic heterocycles. The summed E-state index contributed by atoms with van der Waals surface area (Å²) in [5, 5.41) is 13.4. The van der Waals surface area contributed by atoms with Crippen molar-refractivity contribution in [2.45, 2.75) is 12.5 Å². The van der Waals surface area contributed by atoms with Crippen LogP contribution in [0.4, 0.5) is 5.69 Å². The van der Waals surface area contributed by atoms with Gasteiger partial charge < -0.3 is 15.2 Å². The van der Waals surface area contributed by atoms with Gasteiger partial charge in [-0.2, -0.15) is 0 Å². The van der Waals surface area contributed by atoms with Crippen molar-refractivity contribution in [1.29, 1.82) is 0 Å². The van der Waals surface area contributed by atoms with Gasteiger partial charge in [-0.05, 0) is 18.1 Å². The molecule has 0 saturated heterocycles. The smallest absolute Gasteiger partial charge is 0.0699 e. The molecule has 0 fully saturated rings. The van der Waals surface area contributed by atoms with Crippen LogP contribution in [0, 0.1) is 0 Å². The normalized spacial score (nSPS) is 19.8. The van der Waals surface area contributed by atoms with E-state index in [4.69, 9.17) is 0 Å². The Balaban J connectivity index is 2.27. The number of nitrogens with one attached hydrogen (secondary N) is 1. The summed E-state index contributed by atoms with van der Waals surface area (Å²) >= 11 is 0. The van der Waals surface area contributed by atoms with Gasteiger partial charge in [-0.3, -0.25) is 0 Å². The number of anilines is 1. The van der Waals surface area contributed by atoms with Crippen LogP contribution in [0.15, 0.2) is 24.3 Å². The fourth-order valence-electron chi connectivity index (χ4n) is 1.44. The third-order valence-corrected chi connectivity index (χ3v) is 2.06. The van der Waals surface area contributed by atoms with Crippen molar-refractivity contribution >= 4 is 11.7 Å². The molecule has 0 spiro atoms. The molecule has 3 heteroatoms. The lowest BCUT2D eigenvalue weighted by Gasteiger charge is -2.10. The lowest BCUT2D eigenvalue weighted by molar-refractivity contribution is -0.306. The van der Waals surface area contributed by atoms with Crippen LogP contribution in [0.1, 0.15) is 5.56 Å². The summed E-state index contributed by atoms with van der Waals surface area (Å²) in [7, 11) is 0. The van der Waals surface area contributed by atoms with Gasteiger partial charge in [0.05, 0.1) is 12.0 Å². The molecule has 1 N–H and O–H groups in total. The van der Waals surface area contributed by atoms with Gasteiger partial charge in [0.1, 0.15) is 0 Å². The van der Waals surface area contributed by atoms with Crippen molar-refractivity contribution in [3.8, 4) is 0 Å². The molecule has 0 aliphatic carbocycles. The summed E-state index contributed by atoms with van der Waals surface area (Å²) in [5.74, 6) is -1.04. The summed E-state index contributed by atoms with van der Waals surface area (Å²) in [6.45, 7) is 0. The molecule has 1 aliphatic rings. The molecule has 1 aromatic carbocycles. The highest BCUT2D eigenvalue weighted by Crippen LogP contribution is 2.24. The van der Waals surface area contributed by atoms with Crippen LogP contribution in [0.2, 0.25) is 0 Å². The van der Waals surface area contributed by atoms with E-state index in [2.05, 4.69) is 5.32 Å². The Labute approximate surface area is 70.0 Å². The van der Waals surface area contributed by atoms with Crippen LogP contribution in [0.5, 0.6) is 0 Å². The summed E-state index contributed by atoms with van der Waals surface area (Å²) in [4.78, 5) is 10.5. The van der Waals surface area contributed by atoms with Gasteiger partial charge in [0, 0.05) is 5.69 Å². The molecular formula is C9H8NO2-. The van der Waals surface area contributed by atoms with Crippen LogP contribution in [0.3, 0.4) is 0 Å². The first-order valence-electron chi connectivity index (χ1n) is 3.82. The molecule has 0 amide bonds. The van der Waals surface area contributed by atoms with E-state index in [-0.39, 0.29) is 0 Å². The molecule has 0 saturated carbocycles. The number of carboxylic acids is 1. The Morgan fingerprint density at radius 2 is 2.25 bits per heavy atom. The topological polar surface area (TPSA) is 52.2 Å². The second-order valence-electron chi connectivity index (χ2n) is 2.88.